The van der Waals surface area contributed by atoms with Crippen molar-refractivity contribution in [2.45, 2.75) is 33.2 Å². The third kappa shape index (κ3) is 4.47. The minimum atomic E-state index is -3.03. The number of carbonyl (C=O) groups is 1. The SMILES string of the molecule is CCOc1ccc(NC(=O)Cn2nc(C)c3c(C(F)F)cc(C(F)F)nc32)cc1. The van der Waals surface area contributed by atoms with E-state index in [1.165, 1.54) is 6.92 Å². The zero-order valence-electron chi connectivity index (χ0n) is 15.6. The summed E-state index contributed by atoms with van der Waals surface area (Å²) in [6.45, 7) is 3.43. The summed E-state index contributed by atoms with van der Waals surface area (Å²) in [7, 11) is 0. The molecule has 6 nitrogen and oxygen atoms in total. The molecule has 1 N–H and O–H groups in total. The summed E-state index contributed by atoms with van der Waals surface area (Å²) in [6.07, 6.45) is -6.01. The van der Waals surface area contributed by atoms with Crippen molar-refractivity contribution in [3.05, 3.63) is 47.3 Å². The number of carbonyl (C=O) groups excluding carboxylic acids is 1. The van der Waals surface area contributed by atoms with E-state index in [9.17, 15) is 22.4 Å². The Morgan fingerprint density at radius 1 is 1.17 bits per heavy atom. The van der Waals surface area contributed by atoms with E-state index in [1.807, 2.05) is 6.92 Å². The van der Waals surface area contributed by atoms with Gasteiger partial charge < -0.3 is 10.1 Å². The van der Waals surface area contributed by atoms with Gasteiger partial charge in [0.25, 0.3) is 12.9 Å². The molecule has 154 valence electrons. The quantitative estimate of drug-likeness (QED) is 0.576. The van der Waals surface area contributed by atoms with Gasteiger partial charge in [0.1, 0.15) is 18.0 Å². The molecule has 0 unspecified atom stereocenters. The first kappa shape index (κ1) is 20.6. The molecule has 10 heteroatoms. The monoisotopic (exact) mass is 410 g/mol. The van der Waals surface area contributed by atoms with Crippen LogP contribution in [0.4, 0.5) is 23.2 Å². The molecule has 3 rings (SSSR count). The van der Waals surface area contributed by atoms with Gasteiger partial charge in [-0.2, -0.15) is 5.10 Å². The van der Waals surface area contributed by atoms with Gasteiger partial charge in [0.05, 0.1) is 17.7 Å². The minimum absolute atomic E-state index is 0.0294. The number of amides is 1. The average Bonchev–Trinajstić information content (AvgIpc) is 2.98. The van der Waals surface area contributed by atoms with Crippen LogP contribution < -0.4 is 10.1 Å². The number of ether oxygens (including phenoxy) is 1. The van der Waals surface area contributed by atoms with Crippen molar-refractivity contribution < 1.29 is 27.1 Å². The van der Waals surface area contributed by atoms with Crippen molar-refractivity contribution >= 4 is 22.6 Å². The highest BCUT2D eigenvalue weighted by Crippen LogP contribution is 2.32. The lowest BCUT2D eigenvalue weighted by Crippen LogP contribution is -2.20. The van der Waals surface area contributed by atoms with Crippen molar-refractivity contribution in [2.75, 3.05) is 11.9 Å². The molecule has 2 heterocycles. The summed E-state index contributed by atoms with van der Waals surface area (Å²) < 4.78 is 59.3. The summed E-state index contributed by atoms with van der Waals surface area (Å²) in [5, 5.41) is 6.65. The molecule has 0 bridgehead atoms. The normalized spacial score (nSPS) is 11.4. The predicted octanol–water partition coefficient (Wildman–Crippen LogP) is 4.65. The number of alkyl halides is 4. The lowest BCUT2D eigenvalue weighted by Gasteiger charge is -2.09. The van der Waals surface area contributed by atoms with Gasteiger partial charge in [-0.3, -0.25) is 4.79 Å². The Labute approximate surface area is 163 Å². The molecule has 29 heavy (non-hydrogen) atoms. The largest absolute Gasteiger partial charge is 0.494 e. The van der Waals surface area contributed by atoms with Crippen LogP contribution >= 0.6 is 0 Å². The maximum absolute atomic E-state index is 13.4. The van der Waals surface area contributed by atoms with Crippen LogP contribution in [0.5, 0.6) is 5.75 Å². The number of nitrogens with zero attached hydrogens (tertiary/aromatic N) is 3. The summed E-state index contributed by atoms with van der Waals surface area (Å²) in [4.78, 5) is 16.1. The third-order valence-electron chi connectivity index (χ3n) is 4.13. The predicted molar refractivity (Wildman–Crippen MR) is 98.4 cm³/mol. The molecule has 0 aliphatic carbocycles. The van der Waals surface area contributed by atoms with Crippen LogP contribution in [-0.2, 0) is 11.3 Å². The van der Waals surface area contributed by atoms with Gasteiger partial charge in [-0.25, -0.2) is 27.2 Å². The number of benzene rings is 1. The van der Waals surface area contributed by atoms with Crippen LogP contribution in [0.2, 0.25) is 0 Å². The van der Waals surface area contributed by atoms with E-state index in [4.69, 9.17) is 4.74 Å². The molecule has 0 fully saturated rings. The molecular weight excluding hydrogens is 392 g/mol. The number of halogens is 4. The van der Waals surface area contributed by atoms with Gasteiger partial charge >= 0.3 is 0 Å². The zero-order chi connectivity index (χ0) is 21.1. The highest BCUT2D eigenvalue weighted by molar-refractivity contribution is 5.92. The lowest BCUT2D eigenvalue weighted by atomic mass is 10.1. The number of hydrogen-bond acceptors (Lipinski definition) is 4. The molecule has 1 amide bonds. The molecule has 0 saturated heterocycles. The first-order valence-corrected chi connectivity index (χ1v) is 8.77. The van der Waals surface area contributed by atoms with E-state index in [0.717, 1.165) is 4.68 Å². The molecule has 0 radical (unpaired) electrons. The molecular formula is C19H18F4N4O2. The minimum Gasteiger partial charge on any atom is -0.494 e. The third-order valence-corrected chi connectivity index (χ3v) is 4.13. The second-order valence-corrected chi connectivity index (χ2v) is 6.18. The number of fused-ring (bicyclic) bond motifs is 1. The maximum atomic E-state index is 13.4. The van der Waals surface area contributed by atoms with E-state index in [1.54, 1.807) is 24.3 Å². The summed E-state index contributed by atoms with van der Waals surface area (Å²) in [6, 6.07) is 7.31. The highest BCUT2D eigenvalue weighted by Gasteiger charge is 2.23. The van der Waals surface area contributed by atoms with Gasteiger partial charge in [-0.05, 0) is 44.2 Å². The zero-order valence-corrected chi connectivity index (χ0v) is 15.6. The van der Waals surface area contributed by atoms with E-state index >= 15 is 0 Å². The molecule has 2 aromatic heterocycles. The van der Waals surface area contributed by atoms with Crippen LogP contribution in [0, 0.1) is 6.92 Å². The van der Waals surface area contributed by atoms with Gasteiger partial charge in [-0.1, -0.05) is 0 Å². The topological polar surface area (TPSA) is 69.0 Å². The number of pyridine rings is 1. The van der Waals surface area contributed by atoms with E-state index < -0.39 is 30.0 Å². The Morgan fingerprint density at radius 2 is 1.86 bits per heavy atom. The second-order valence-electron chi connectivity index (χ2n) is 6.18. The fourth-order valence-electron chi connectivity index (χ4n) is 2.94. The summed E-state index contributed by atoms with van der Waals surface area (Å²) in [5.41, 5.74) is -0.891. The van der Waals surface area contributed by atoms with Gasteiger partial charge in [0, 0.05) is 11.3 Å². The van der Waals surface area contributed by atoms with Gasteiger partial charge in [0.2, 0.25) is 5.91 Å². The van der Waals surface area contributed by atoms with E-state index in [2.05, 4.69) is 15.4 Å². The van der Waals surface area contributed by atoms with Crippen LogP contribution in [0.3, 0.4) is 0 Å². The summed E-state index contributed by atoms with van der Waals surface area (Å²) >= 11 is 0. The van der Waals surface area contributed by atoms with Crippen molar-refractivity contribution in [3.63, 3.8) is 0 Å². The number of aryl methyl sites for hydroxylation is 1. The van der Waals surface area contributed by atoms with Crippen LogP contribution in [0.1, 0.15) is 36.7 Å². The molecule has 0 atom stereocenters. The van der Waals surface area contributed by atoms with E-state index in [-0.39, 0.29) is 23.3 Å². The van der Waals surface area contributed by atoms with Crippen LogP contribution in [0.15, 0.2) is 30.3 Å². The number of aromatic nitrogens is 3. The number of rotatable bonds is 7. The lowest BCUT2D eigenvalue weighted by molar-refractivity contribution is -0.116. The standard InChI is InChI=1S/C19H18F4N4O2/c1-3-29-12-6-4-11(5-7-12)24-15(28)9-27-19-16(10(2)26-27)13(17(20)21)8-14(25-19)18(22)23/h4-8,17-18H,3,9H2,1-2H3,(H,24,28). The van der Waals surface area contributed by atoms with Crippen molar-refractivity contribution in [1.29, 1.82) is 0 Å². The average molecular weight is 410 g/mol. The van der Waals surface area contributed by atoms with Gasteiger partial charge in [-0.15, -0.1) is 0 Å². The number of nitrogens with one attached hydrogen (secondary N) is 1. The smallest absolute Gasteiger partial charge is 0.280 e. The Hall–Kier alpha value is -3.17. The van der Waals surface area contributed by atoms with E-state index in [0.29, 0.717) is 24.1 Å². The molecule has 3 aromatic rings. The molecule has 0 aliphatic rings. The first-order chi connectivity index (χ1) is 13.8. The highest BCUT2D eigenvalue weighted by atomic mass is 19.3. The maximum Gasteiger partial charge on any atom is 0.280 e. The molecule has 0 aliphatic heterocycles. The van der Waals surface area contributed by atoms with Crippen molar-refractivity contribution in [2.24, 2.45) is 0 Å². The van der Waals surface area contributed by atoms with Crippen LogP contribution in [-0.4, -0.2) is 27.3 Å². The Balaban J connectivity index is 1.88. The van der Waals surface area contributed by atoms with Crippen molar-refractivity contribution in [3.8, 4) is 5.75 Å². The Kier molecular flexibility index (Phi) is 6.00. The molecule has 1 aromatic carbocycles. The Morgan fingerprint density at radius 3 is 2.45 bits per heavy atom. The number of hydrogen-bond donors (Lipinski definition) is 1. The first-order valence-electron chi connectivity index (χ1n) is 8.77. The summed E-state index contributed by atoms with van der Waals surface area (Å²) in [5.74, 6) is 0.129. The fraction of sp³-hybridized carbons (Fsp3) is 0.316. The van der Waals surface area contributed by atoms with Crippen LogP contribution in [0.25, 0.3) is 11.0 Å². The molecule has 0 saturated carbocycles. The second kappa shape index (κ2) is 8.46. The Bertz CT molecular complexity index is 1020. The van der Waals surface area contributed by atoms with Crippen molar-refractivity contribution in [1.82, 2.24) is 14.8 Å². The number of anilines is 1. The van der Waals surface area contributed by atoms with Gasteiger partial charge in [0.15, 0.2) is 5.65 Å². The molecule has 0 spiro atoms. The fourth-order valence-corrected chi connectivity index (χ4v) is 2.94.